The summed E-state index contributed by atoms with van der Waals surface area (Å²) in [7, 11) is 1.68. The van der Waals surface area contributed by atoms with Gasteiger partial charge in [-0.25, -0.2) is 4.98 Å². The van der Waals surface area contributed by atoms with Crippen molar-refractivity contribution >= 4 is 39.1 Å². The molecule has 7 heteroatoms. The molecule has 3 rings (SSSR count). The zero-order valence-electron chi connectivity index (χ0n) is 13.5. The average Bonchev–Trinajstić information content (AvgIpc) is 2.88. The number of hydrogen-bond acceptors (Lipinski definition) is 4. The summed E-state index contributed by atoms with van der Waals surface area (Å²) in [4.78, 5) is 30.4. The van der Waals surface area contributed by atoms with Crippen molar-refractivity contribution in [2.45, 2.75) is 20.4 Å². The normalized spacial score (nSPS) is 11.0. The van der Waals surface area contributed by atoms with Crippen LogP contribution >= 0.6 is 22.9 Å². The number of amides is 1. The molecule has 0 aliphatic carbocycles. The average molecular weight is 362 g/mol. The van der Waals surface area contributed by atoms with Crippen LogP contribution in [0.4, 0.5) is 0 Å². The fourth-order valence-corrected chi connectivity index (χ4v) is 3.82. The maximum atomic E-state index is 12.5. The monoisotopic (exact) mass is 361 g/mol. The van der Waals surface area contributed by atoms with Gasteiger partial charge in [0.2, 0.25) is 0 Å². The zero-order valence-corrected chi connectivity index (χ0v) is 15.1. The van der Waals surface area contributed by atoms with Crippen LogP contribution in [0.5, 0.6) is 0 Å². The van der Waals surface area contributed by atoms with Crippen molar-refractivity contribution in [3.8, 4) is 0 Å². The molecule has 0 radical (unpaired) electrons. The van der Waals surface area contributed by atoms with Gasteiger partial charge >= 0.3 is 0 Å². The standard InChI is InChI=1S/C17H16ClN3O2S/c1-9-13-16(20-10(2)21(3)17(13)23)24-14(9)15(22)19-8-11-6-4-5-7-12(11)18/h4-7H,8H2,1-3H3,(H,19,22). The Morgan fingerprint density at radius 2 is 2.04 bits per heavy atom. The molecule has 0 unspecified atom stereocenters. The van der Waals surface area contributed by atoms with Crippen LogP contribution < -0.4 is 10.9 Å². The van der Waals surface area contributed by atoms with Crippen molar-refractivity contribution in [3.63, 3.8) is 0 Å². The summed E-state index contributed by atoms with van der Waals surface area (Å²) in [6, 6.07) is 7.35. The fourth-order valence-electron chi connectivity index (χ4n) is 2.48. The summed E-state index contributed by atoms with van der Waals surface area (Å²) in [5.74, 6) is 0.395. The number of nitrogens with zero attached hydrogens (tertiary/aromatic N) is 2. The Labute approximate surface area is 147 Å². The van der Waals surface area contributed by atoms with E-state index in [2.05, 4.69) is 10.3 Å². The number of benzene rings is 1. The first-order chi connectivity index (χ1) is 11.4. The maximum absolute atomic E-state index is 12.5. The van der Waals surface area contributed by atoms with E-state index in [-0.39, 0.29) is 11.5 Å². The topological polar surface area (TPSA) is 64.0 Å². The third-order valence-electron chi connectivity index (χ3n) is 4.00. The maximum Gasteiger partial charge on any atom is 0.262 e. The quantitative estimate of drug-likeness (QED) is 0.779. The van der Waals surface area contributed by atoms with Gasteiger partial charge in [0.05, 0.1) is 10.3 Å². The second kappa shape index (κ2) is 6.37. The molecule has 0 aliphatic heterocycles. The number of hydrogen-bond donors (Lipinski definition) is 1. The summed E-state index contributed by atoms with van der Waals surface area (Å²) < 4.78 is 1.49. The minimum Gasteiger partial charge on any atom is -0.347 e. The van der Waals surface area contributed by atoms with Crippen LogP contribution in [-0.2, 0) is 13.6 Å². The Hall–Kier alpha value is -2.18. The van der Waals surface area contributed by atoms with Gasteiger partial charge in [-0.2, -0.15) is 0 Å². The highest BCUT2D eigenvalue weighted by molar-refractivity contribution is 7.20. The molecule has 0 bridgehead atoms. The van der Waals surface area contributed by atoms with E-state index in [1.165, 1.54) is 15.9 Å². The lowest BCUT2D eigenvalue weighted by Gasteiger charge is -2.06. The predicted molar refractivity (Wildman–Crippen MR) is 97.0 cm³/mol. The highest BCUT2D eigenvalue weighted by atomic mass is 35.5. The molecule has 1 aromatic carbocycles. The van der Waals surface area contributed by atoms with E-state index in [0.29, 0.717) is 38.0 Å². The minimum absolute atomic E-state index is 0.128. The summed E-state index contributed by atoms with van der Waals surface area (Å²) in [6.07, 6.45) is 0. The van der Waals surface area contributed by atoms with E-state index in [4.69, 9.17) is 11.6 Å². The molecule has 0 saturated carbocycles. The number of halogens is 1. The Kier molecular flexibility index (Phi) is 4.43. The van der Waals surface area contributed by atoms with Gasteiger partial charge in [-0.1, -0.05) is 29.8 Å². The largest absolute Gasteiger partial charge is 0.347 e. The molecule has 2 aromatic heterocycles. The number of rotatable bonds is 3. The van der Waals surface area contributed by atoms with Gasteiger partial charge in [0.1, 0.15) is 10.7 Å². The van der Waals surface area contributed by atoms with Crippen LogP contribution in [0.25, 0.3) is 10.2 Å². The van der Waals surface area contributed by atoms with Crippen molar-refractivity contribution in [2.24, 2.45) is 7.05 Å². The first kappa shape index (κ1) is 16.7. The van der Waals surface area contributed by atoms with Crippen LogP contribution in [0.1, 0.15) is 26.6 Å². The van der Waals surface area contributed by atoms with Crippen molar-refractivity contribution in [1.82, 2.24) is 14.9 Å². The summed E-state index contributed by atoms with van der Waals surface area (Å²) >= 11 is 7.34. The first-order valence-electron chi connectivity index (χ1n) is 7.38. The van der Waals surface area contributed by atoms with Crippen molar-refractivity contribution in [2.75, 3.05) is 0 Å². The zero-order chi connectivity index (χ0) is 17.4. The second-order valence-electron chi connectivity index (χ2n) is 5.53. The van der Waals surface area contributed by atoms with Gasteiger partial charge in [0, 0.05) is 18.6 Å². The molecule has 3 aromatic rings. The fraction of sp³-hybridized carbons (Fsp3) is 0.235. The highest BCUT2D eigenvalue weighted by Gasteiger charge is 2.19. The van der Waals surface area contributed by atoms with E-state index < -0.39 is 0 Å². The minimum atomic E-state index is -0.227. The van der Waals surface area contributed by atoms with Crippen molar-refractivity contribution < 1.29 is 4.79 Å². The van der Waals surface area contributed by atoms with Crippen molar-refractivity contribution in [3.05, 3.63) is 61.5 Å². The molecule has 0 atom stereocenters. The van der Waals surface area contributed by atoms with Crippen LogP contribution in [0.3, 0.4) is 0 Å². The SMILES string of the molecule is Cc1c(C(=O)NCc2ccccc2Cl)sc2nc(C)n(C)c(=O)c12. The molecular formula is C17H16ClN3O2S. The molecule has 124 valence electrons. The van der Waals surface area contributed by atoms with Crippen molar-refractivity contribution in [1.29, 1.82) is 0 Å². The first-order valence-corrected chi connectivity index (χ1v) is 8.58. The number of carbonyl (C=O) groups excluding carboxylic acids is 1. The molecule has 24 heavy (non-hydrogen) atoms. The highest BCUT2D eigenvalue weighted by Crippen LogP contribution is 2.27. The Bertz CT molecular complexity index is 1010. The molecular weight excluding hydrogens is 346 g/mol. The van der Waals surface area contributed by atoms with Crippen LogP contribution in [0.2, 0.25) is 5.02 Å². The molecule has 0 saturated heterocycles. The number of thiophene rings is 1. The number of aromatic nitrogens is 2. The van der Waals surface area contributed by atoms with Crippen LogP contribution in [0, 0.1) is 13.8 Å². The van der Waals surface area contributed by atoms with Gasteiger partial charge in [0.25, 0.3) is 11.5 Å². The number of aryl methyl sites for hydroxylation is 2. The molecule has 1 amide bonds. The second-order valence-corrected chi connectivity index (χ2v) is 6.94. The number of fused-ring (bicyclic) bond motifs is 1. The third kappa shape index (κ3) is 2.83. The molecule has 2 heterocycles. The van der Waals surface area contributed by atoms with Crippen LogP contribution in [-0.4, -0.2) is 15.5 Å². The summed E-state index contributed by atoms with van der Waals surface area (Å²) in [5, 5.41) is 3.98. The van der Waals surface area contributed by atoms with E-state index in [9.17, 15) is 9.59 Å². The molecule has 0 spiro atoms. The van der Waals surface area contributed by atoms with Gasteiger partial charge in [-0.05, 0) is 31.0 Å². The van der Waals surface area contributed by atoms with Crippen LogP contribution in [0.15, 0.2) is 29.1 Å². The predicted octanol–water partition coefficient (Wildman–Crippen LogP) is 3.20. The third-order valence-corrected chi connectivity index (χ3v) is 5.55. The van der Waals surface area contributed by atoms with E-state index in [1.54, 1.807) is 27.0 Å². The molecule has 0 fully saturated rings. The lowest BCUT2D eigenvalue weighted by atomic mass is 10.2. The number of nitrogens with one attached hydrogen (secondary N) is 1. The Morgan fingerprint density at radius 3 is 2.75 bits per heavy atom. The van der Waals surface area contributed by atoms with Gasteiger partial charge in [-0.15, -0.1) is 11.3 Å². The summed E-state index contributed by atoms with van der Waals surface area (Å²) in [5.41, 5.74) is 1.38. The van der Waals surface area contributed by atoms with Gasteiger partial charge < -0.3 is 5.32 Å². The molecule has 5 nitrogen and oxygen atoms in total. The van der Waals surface area contributed by atoms with Gasteiger partial charge in [-0.3, -0.25) is 14.2 Å². The summed E-state index contributed by atoms with van der Waals surface area (Å²) in [6.45, 7) is 3.88. The number of carbonyl (C=O) groups is 1. The smallest absolute Gasteiger partial charge is 0.262 e. The van der Waals surface area contributed by atoms with E-state index >= 15 is 0 Å². The Morgan fingerprint density at radius 1 is 1.33 bits per heavy atom. The van der Waals surface area contributed by atoms with E-state index in [0.717, 1.165) is 5.56 Å². The lowest BCUT2D eigenvalue weighted by Crippen LogP contribution is -2.23. The lowest BCUT2D eigenvalue weighted by molar-refractivity contribution is 0.0954. The molecule has 1 N–H and O–H groups in total. The molecule has 0 aliphatic rings. The Balaban J connectivity index is 1.93. The van der Waals surface area contributed by atoms with E-state index in [1.807, 2.05) is 18.2 Å². The van der Waals surface area contributed by atoms with Gasteiger partial charge in [0.15, 0.2) is 0 Å².